The summed E-state index contributed by atoms with van der Waals surface area (Å²) in [5.74, 6) is 0.808. The summed E-state index contributed by atoms with van der Waals surface area (Å²) < 4.78 is 7.89. The molecule has 0 bridgehead atoms. The predicted octanol–water partition coefficient (Wildman–Crippen LogP) is 1.67. The number of benzene rings is 1. The molecule has 1 aliphatic heterocycles. The van der Waals surface area contributed by atoms with Crippen LogP contribution in [0.4, 0.5) is 0 Å². The lowest BCUT2D eigenvalue weighted by Crippen LogP contribution is -2.49. The molecule has 2 N–H and O–H groups in total. The van der Waals surface area contributed by atoms with E-state index in [0.29, 0.717) is 13.2 Å². The van der Waals surface area contributed by atoms with Gasteiger partial charge in [-0.2, -0.15) is 5.10 Å². The van der Waals surface area contributed by atoms with Gasteiger partial charge >= 0.3 is 0 Å². The summed E-state index contributed by atoms with van der Waals surface area (Å²) in [6.07, 6.45) is -0.472. The van der Waals surface area contributed by atoms with Crippen molar-refractivity contribution < 1.29 is 9.84 Å². The Hall–Kier alpha value is -1.93. The summed E-state index contributed by atoms with van der Waals surface area (Å²) >= 11 is 0. The molecule has 166 valence electrons. The molecule has 7 heteroatoms. The van der Waals surface area contributed by atoms with Crippen molar-refractivity contribution in [1.82, 2.24) is 24.9 Å². The summed E-state index contributed by atoms with van der Waals surface area (Å²) in [5.41, 5.74) is 3.42. The van der Waals surface area contributed by atoms with Gasteiger partial charge in [0.05, 0.1) is 12.2 Å². The number of β-amino-alcohol motifs (C(OH)–C–C–N with tert-alkyl or cyclic N) is 1. The van der Waals surface area contributed by atoms with Crippen LogP contribution in [0.2, 0.25) is 0 Å². The fraction of sp³-hybridized carbons (Fsp3) is 0.609. The minimum atomic E-state index is -0.472. The zero-order valence-corrected chi connectivity index (χ0v) is 18.7. The van der Waals surface area contributed by atoms with Crippen molar-refractivity contribution >= 4 is 0 Å². The van der Waals surface area contributed by atoms with Crippen LogP contribution in [0.5, 0.6) is 5.75 Å². The summed E-state index contributed by atoms with van der Waals surface area (Å²) in [7, 11) is 0. The Morgan fingerprint density at radius 1 is 1.13 bits per heavy atom. The molecule has 1 fully saturated rings. The Kier molecular flexibility index (Phi) is 8.69. The van der Waals surface area contributed by atoms with Crippen molar-refractivity contribution in [1.29, 1.82) is 0 Å². The van der Waals surface area contributed by atoms with Crippen molar-refractivity contribution in [2.24, 2.45) is 0 Å². The molecule has 0 amide bonds. The summed E-state index contributed by atoms with van der Waals surface area (Å²) in [4.78, 5) is 4.76. The molecule has 1 unspecified atom stereocenters. The molecule has 30 heavy (non-hydrogen) atoms. The summed E-state index contributed by atoms with van der Waals surface area (Å²) in [5, 5.41) is 18.3. The molecule has 1 saturated heterocycles. The Bertz CT molecular complexity index is 771. The minimum Gasteiger partial charge on any atom is -0.491 e. The van der Waals surface area contributed by atoms with Gasteiger partial charge in [-0.25, -0.2) is 0 Å². The van der Waals surface area contributed by atoms with Crippen molar-refractivity contribution in [3.63, 3.8) is 0 Å². The molecule has 1 aromatic carbocycles. The van der Waals surface area contributed by atoms with Crippen LogP contribution < -0.4 is 10.1 Å². The highest BCUT2D eigenvalue weighted by molar-refractivity contribution is 5.28. The molecule has 0 spiro atoms. The van der Waals surface area contributed by atoms with E-state index in [9.17, 15) is 5.11 Å². The number of aliphatic hydroxyl groups is 1. The number of rotatable bonds is 11. The number of hydrogen-bond acceptors (Lipinski definition) is 6. The van der Waals surface area contributed by atoms with E-state index < -0.39 is 6.10 Å². The number of nitrogens with one attached hydrogen (secondary N) is 1. The standard InChI is InChI=1S/C23H37N5O2/c1-4-26-10-12-27(13-11-26)17-22(29)18-30-23-7-5-6-21(15-23)16-24-8-9-28-20(3)14-19(2)25-28/h5-7,14-15,22,24,29H,4,8-13,16-18H2,1-3H3. The zero-order valence-electron chi connectivity index (χ0n) is 18.7. The number of likely N-dealkylation sites (N-methyl/N-ethyl adjacent to an activating group) is 1. The average Bonchev–Trinajstić information content (AvgIpc) is 3.07. The topological polar surface area (TPSA) is 65.8 Å². The third-order valence-electron chi connectivity index (χ3n) is 5.65. The lowest BCUT2D eigenvalue weighted by atomic mass is 10.2. The van der Waals surface area contributed by atoms with E-state index in [4.69, 9.17) is 4.74 Å². The van der Waals surface area contributed by atoms with Crippen LogP contribution in [0.3, 0.4) is 0 Å². The molecule has 2 heterocycles. The lowest BCUT2D eigenvalue weighted by molar-refractivity contribution is 0.0471. The highest BCUT2D eigenvalue weighted by Gasteiger charge is 2.18. The number of aryl methyl sites for hydroxylation is 2. The number of hydrogen-bond donors (Lipinski definition) is 2. The Labute approximate surface area is 180 Å². The first-order valence-corrected chi connectivity index (χ1v) is 11.1. The number of aliphatic hydroxyl groups excluding tert-OH is 1. The van der Waals surface area contributed by atoms with Crippen LogP contribution in [0, 0.1) is 13.8 Å². The molecular formula is C23H37N5O2. The van der Waals surface area contributed by atoms with E-state index in [1.54, 1.807) is 0 Å². The van der Waals surface area contributed by atoms with Crippen LogP contribution >= 0.6 is 0 Å². The second-order valence-corrected chi connectivity index (χ2v) is 8.17. The Morgan fingerprint density at radius 3 is 2.60 bits per heavy atom. The molecular weight excluding hydrogens is 378 g/mol. The van der Waals surface area contributed by atoms with Crippen molar-refractivity contribution in [3.8, 4) is 5.75 Å². The second kappa shape index (κ2) is 11.5. The van der Waals surface area contributed by atoms with Crippen molar-refractivity contribution in [2.75, 3.05) is 52.4 Å². The fourth-order valence-corrected chi connectivity index (χ4v) is 3.90. The molecule has 0 radical (unpaired) electrons. The first-order valence-electron chi connectivity index (χ1n) is 11.1. The first kappa shape index (κ1) is 22.7. The maximum atomic E-state index is 10.4. The third-order valence-corrected chi connectivity index (χ3v) is 5.65. The van der Waals surface area contributed by atoms with Crippen LogP contribution in [-0.2, 0) is 13.1 Å². The van der Waals surface area contributed by atoms with E-state index >= 15 is 0 Å². The SMILES string of the molecule is CCN1CCN(CC(O)COc2cccc(CNCCn3nc(C)cc3C)c2)CC1. The average molecular weight is 416 g/mol. The smallest absolute Gasteiger partial charge is 0.119 e. The minimum absolute atomic E-state index is 0.322. The van der Waals surface area contributed by atoms with Gasteiger partial charge in [-0.1, -0.05) is 19.1 Å². The van der Waals surface area contributed by atoms with Gasteiger partial charge in [0, 0.05) is 51.5 Å². The van der Waals surface area contributed by atoms with E-state index in [1.807, 2.05) is 29.8 Å². The van der Waals surface area contributed by atoms with Gasteiger partial charge in [0.1, 0.15) is 18.5 Å². The normalized spacial score (nSPS) is 16.7. The van der Waals surface area contributed by atoms with Crippen LogP contribution in [0.15, 0.2) is 30.3 Å². The molecule has 0 saturated carbocycles. The quantitative estimate of drug-likeness (QED) is 0.544. The largest absolute Gasteiger partial charge is 0.491 e. The van der Waals surface area contributed by atoms with E-state index in [0.717, 1.165) is 63.8 Å². The number of piperazine rings is 1. The van der Waals surface area contributed by atoms with Gasteiger partial charge in [-0.15, -0.1) is 0 Å². The molecule has 0 aliphatic carbocycles. The maximum absolute atomic E-state index is 10.4. The maximum Gasteiger partial charge on any atom is 0.119 e. The molecule has 3 rings (SSSR count). The zero-order chi connectivity index (χ0) is 21.3. The monoisotopic (exact) mass is 415 g/mol. The molecule has 1 aromatic heterocycles. The van der Waals surface area contributed by atoms with E-state index in [-0.39, 0.29) is 0 Å². The van der Waals surface area contributed by atoms with E-state index in [2.05, 4.69) is 46.2 Å². The molecule has 1 atom stereocenters. The molecule has 1 aliphatic rings. The fourth-order valence-electron chi connectivity index (χ4n) is 3.90. The number of aromatic nitrogens is 2. The van der Waals surface area contributed by atoms with Crippen molar-refractivity contribution in [2.45, 2.75) is 40.0 Å². The third kappa shape index (κ3) is 7.09. The van der Waals surface area contributed by atoms with Gasteiger partial charge in [-0.05, 0) is 44.2 Å². The van der Waals surface area contributed by atoms with Crippen molar-refractivity contribution in [3.05, 3.63) is 47.3 Å². The Balaban J connectivity index is 1.36. The van der Waals surface area contributed by atoms with Gasteiger partial charge in [0.2, 0.25) is 0 Å². The van der Waals surface area contributed by atoms with Gasteiger partial charge in [0.15, 0.2) is 0 Å². The predicted molar refractivity (Wildman–Crippen MR) is 120 cm³/mol. The van der Waals surface area contributed by atoms with Crippen LogP contribution in [-0.4, -0.2) is 83.2 Å². The van der Waals surface area contributed by atoms with E-state index in [1.165, 1.54) is 11.3 Å². The first-order chi connectivity index (χ1) is 14.5. The Morgan fingerprint density at radius 2 is 1.90 bits per heavy atom. The van der Waals surface area contributed by atoms with Gasteiger partial charge in [0.25, 0.3) is 0 Å². The lowest BCUT2D eigenvalue weighted by Gasteiger charge is -2.34. The van der Waals surface area contributed by atoms with Gasteiger partial charge in [-0.3, -0.25) is 9.58 Å². The van der Waals surface area contributed by atoms with Crippen LogP contribution in [0.1, 0.15) is 23.9 Å². The molecule has 2 aromatic rings. The molecule has 7 nitrogen and oxygen atoms in total. The highest BCUT2D eigenvalue weighted by Crippen LogP contribution is 2.14. The second-order valence-electron chi connectivity index (χ2n) is 8.17. The van der Waals surface area contributed by atoms with Crippen LogP contribution in [0.25, 0.3) is 0 Å². The summed E-state index contributed by atoms with van der Waals surface area (Å²) in [6, 6.07) is 10.2. The number of ether oxygens (including phenoxy) is 1. The van der Waals surface area contributed by atoms with Gasteiger partial charge < -0.3 is 20.1 Å². The highest BCUT2D eigenvalue weighted by atomic mass is 16.5. The number of nitrogens with zero attached hydrogens (tertiary/aromatic N) is 4. The summed E-state index contributed by atoms with van der Waals surface area (Å²) in [6.45, 7) is 15.1.